The normalized spacial score (nSPS) is 17.2. The van der Waals surface area contributed by atoms with Crippen LogP contribution in [0.1, 0.15) is 25.0 Å². The van der Waals surface area contributed by atoms with Gasteiger partial charge in [0.1, 0.15) is 0 Å². The SMILES string of the molecule is CC1(C)c2ccccc2N(c2ccc(N=C3C=CC=CC3=N)c3ccccc23)c2ccccc21. The lowest BCUT2D eigenvalue weighted by Crippen LogP contribution is -2.30. The molecule has 0 fully saturated rings. The van der Waals surface area contributed by atoms with Gasteiger partial charge in [-0.25, -0.2) is 4.99 Å². The summed E-state index contributed by atoms with van der Waals surface area (Å²) in [5, 5.41) is 10.4. The average Bonchev–Trinajstić information content (AvgIpc) is 2.87. The Kier molecular flexibility index (Phi) is 4.59. The molecule has 1 aliphatic heterocycles. The third-order valence-electron chi connectivity index (χ3n) is 6.90. The molecular weight excluding hydrogens is 414 g/mol. The fraction of sp³-hybridized carbons (Fsp3) is 0.0968. The largest absolute Gasteiger partial charge is 0.309 e. The van der Waals surface area contributed by atoms with Gasteiger partial charge in [-0.3, -0.25) is 5.41 Å². The molecule has 1 heterocycles. The van der Waals surface area contributed by atoms with Crippen molar-refractivity contribution in [3.05, 3.63) is 120 Å². The van der Waals surface area contributed by atoms with Gasteiger partial charge in [-0.2, -0.15) is 0 Å². The zero-order chi connectivity index (χ0) is 23.3. The second-order valence-electron chi connectivity index (χ2n) is 9.27. The van der Waals surface area contributed by atoms with Crippen molar-refractivity contribution < 1.29 is 0 Å². The highest BCUT2D eigenvalue weighted by Crippen LogP contribution is 2.53. The molecule has 4 aromatic carbocycles. The molecule has 3 nitrogen and oxygen atoms in total. The van der Waals surface area contributed by atoms with Crippen molar-refractivity contribution in [3.8, 4) is 0 Å². The van der Waals surface area contributed by atoms with E-state index < -0.39 is 0 Å². The standard InChI is InChI=1S/C31H25N3/c1-31(2)23-13-5-9-17-29(23)34(30-18-10-6-14-24(30)31)28-20-19-26(21-11-3-4-12-22(21)28)33-27-16-8-7-15-25(27)32/h3-20,32H,1-2H3. The van der Waals surface area contributed by atoms with E-state index in [1.165, 1.54) is 22.5 Å². The monoisotopic (exact) mass is 439 g/mol. The van der Waals surface area contributed by atoms with Gasteiger partial charge in [0.05, 0.1) is 34.2 Å². The molecular formula is C31H25N3. The molecule has 34 heavy (non-hydrogen) atoms. The van der Waals surface area contributed by atoms with Crippen molar-refractivity contribution in [2.75, 3.05) is 4.90 Å². The Balaban J connectivity index is 1.61. The van der Waals surface area contributed by atoms with E-state index in [0.717, 1.165) is 22.1 Å². The molecule has 3 heteroatoms. The van der Waals surface area contributed by atoms with E-state index in [-0.39, 0.29) is 5.41 Å². The summed E-state index contributed by atoms with van der Waals surface area (Å²) in [6.07, 6.45) is 7.47. The van der Waals surface area contributed by atoms with E-state index in [9.17, 15) is 0 Å². The molecule has 0 saturated carbocycles. The highest BCUT2D eigenvalue weighted by molar-refractivity contribution is 6.50. The van der Waals surface area contributed by atoms with Crippen LogP contribution < -0.4 is 4.90 Å². The maximum absolute atomic E-state index is 8.23. The van der Waals surface area contributed by atoms with Crippen LogP contribution >= 0.6 is 0 Å². The number of nitrogens with zero attached hydrogens (tertiary/aromatic N) is 2. The first-order valence-electron chi connectivity index (χ1n) is 11.6. The molecule has 1 aliphatic carbocycles. The maximum Gasteiger partial charge on any atom is 0.0886 e. The number of nitrogens with one attached hydrogen (secondary N) is 1. The van der Waals surface area contributed by atoms with Gasteiger partial charge in [0.2, 0.25) is 0 Å². The van der Waals surface area contributed by atoms with E-state index in [0.29, 0.717) is 11.4 Å². The molecule has 0 aromatic heterocycles. The Labute approximate surface area is 199 Å². The Morgan fingerprint density at radius 3 is 1.91 bits per heavy atom. The fourth-order valence-electron chi connectivity index (χ4n) is 5.19. The van der Waals surface area contributed by atoms with E-state index in [1.54, 1.807) is 6.08 Å². The van der Waals surface area contributed by atoms with Crippen LogP contribution in [0.15, 0.2) is 114 Å². The van der Waals surface area contributed by atoms with Gasteiger partial charge in [0, 0.05) is 16.2 Å². The van der Waals surface area contributed by atoms with Crippen LogP contribution in [0.25, 0.3) is 10.8 Å². The third kappa shape index (κ3) is 3.05. The molecule has 0 amide bonds. The van der Waals surface area contributed by atoms with E-state index in [1.807, 2.05) is 18.2 Å². The molecule has 0 bridgehead atoms. The van der Waals surface area contributed by atoms with Gasteiger partial charge >= 0.3 is 0 Å². The minimum Gasteiger partial charge on any atom is -0.309 e. The van der Waals surface area contributed by atoms with Crippen LogP contribution in [0.4, 0.5) is 22.7 Å². The summed E-state index contributed by atoms with van der Waals surface area (Å²) < 4.78 is 0. The Morgan fingerprint density at radius 2 is 1.24 bits per heavy atom. The zero-order valence-corrected chi connectivity index (χ0v) is 19.3. The molecule has 0 atom stereocenters. The molecule has 0 unspecified atom stereocenters. The fourth-order valence-corrected chi connectivity index (χ4v) is 5.19. The summed E-state index contributed by atoms with van der Waals surface area (Å²) in [6, 6.07) is 30.1. The van der Waals surface area contributed by atoms with E-state index >= 15 is 0 Å². The van der Waals surface area contributed by atoms with Crippen LogP contribution in [0.2, 0.25) is 0 Å². The van der Waals surface area contributed by atoms with Gasteiger partial charge in [0.15, 0.2) is 0 Å². The highest BCUT2D eigenvalue weighted by atomic mass is 15.2. The molecule has 1 N–H and O–H groups in total. The van der Waals surface area contributed by atoms with Crippen molar-refractivity contribution in [2.24, 2.45) is 4.99 Å². The Morgan fingerprint density at radius 1 is 0.647 bits per heavy atom. The van der Waals surface area contributed by atoms with Crippen LogP contribution in [0, 0.1) is 5.41 Å². The summed E-state index contributed by atoms with van der Waals surface area (Å²) in [5.41, 5.74) is 8.06. The topological polar surface area (TPSA) is 39.5 Å². The number of para-hydroxylation sites is 2. The number of benzene rings is 4. The number of allylic oxidation sites excluding steroid dienone is 4. The first kappa shape index (κ1) is 20.4. The summed E-state index contributed by atoms with van der Waals surface area (Å²) >= 11 is 0. The second kappa shape index (κ2) is 7.67. The van der Waals surface area contributed by atoms with E-state index in [4.69, 9.17) is 10.4 Å². The second-order valence-corrected chi connectivity index (χ2v) is 9.27. The van der Waals surface area contributed by atoms with Crippen molar-refractivity contribution in [1.82, 2.24) is 0 Å². The van der Waals surface area contributed by atoms with Crippen molar-refractivity contribution in [3.63, 3.8) is 0 Å². The Bertz CT molecular complexity index is 1500. The summed E-state index contributed by atoms with van der Waals surface area (Å²) in [5.74, 6) is 0. The first-order valence-corrected chi connectivity index (χ1v) is 11.6. The highest BCUT2D eigenvalue weighted by Gasteiger charge is 2.36. The molecule has 0 saturated heterocycles. The van der Waals surface area contributed by atoms with E-state index in [2.05, 4.69) is 104 Å². The predicted octanol–water partition coefficient (Wildman–Crippen LogP) is 8.17. The zero-order valence-electron chi connectivity index (χ0n) is 19.3. The minimum atomic E-state index is -0.0907. The molecule has 4 aromatic rings. The third-order valence-corrected chi connectivity index (χ3v) is 6.90. The number of fused-ring (bicyclic) bond motifs is 3. The van der Waals surface area contributed by atoms with Gasteiger partial charge in [-0.15, -0.1) is 0 Å². The van der Waals surface area contributed by atoms with Crippen LogP contribution in [0.5, 0.6) is 0 Å². The van der Waals surface area contributed by atoms with Gasteiger partial charge in [-0.05, 0) is 47.5 Å². The predicted molar refractivity (Wildman–Crippen MR) is 144 cm³/mol. The van der Waals surface area contributed by atoms with Crippen LogP contribution in [-0.2, 0) is 5.41 Å². The van der Waals surface area contributed by atoms with Crippen molar-refractivity contribution >= 4 is 44.9 Å². The first-order chi connectivity index (χ1) is 16.6. The molecule has 2 aliphatic rings. The summed E-state index contributed by atoms with van der Waals surface area (Å²) in [6.45, 7) is 4.61. The lowest BCUT2D eigenvalue weighted by Gasteiger charge is -2.42. The molecule has 0 radical (unpaired) electrons. The molecule has 164 valence electrons. The van der Waals surface area contributed by atoms with Crippen LogP contribution in [0.3, 0.4) is 0 Å². The molecule has 6 rings (SSSR count). The maximum atomic E-state index is 8.23. The average molecular weight is 440 g/mol. The van der Waals surface area contributed by atoms with Crippen molar-refractivity contribution in [2.45, 2.75) is 19.3 Å². The summed E-state index contributed by atoms with van der Waals surface area (Å²) in [4.78, 5) is 7.25. The number of anilines is 3. The van der Waals surface area contributed by atoms with Crippen LogP contribution in [-0.4, -0.2) is 11.4 Å². The lowest BCUT2D eigenvalue weighted by molar-refractivity contribution is 0.632. The quantitative estimate of drug-likeness (QED) is 0.314. The number of hydrogen-bond donors (Lipinski definition) is 1. The Hall–Kier alpha value is -4.24. The van der Waals surface area contributed by atoms with Gasteiger partial charge < -0.3 is 4.90 Å². The van der Waals surface area contributed by atoms with Gasteiger partial charge in [-0.1, -0.05) is 86.7 Å². The smallest absolute Gasteiger partial charge is 0.0886 e. The van der Waals surface area contributed by atoms with Gasteiger partial charge in [0.25, 0.3) is 0 Å². The number of aliphatic imine (C=N–C) groups is 1. The number of rotatable bonds is 2. The lowest BCUT2D eigenvalue weighted by atomic mass is 9.73. The minimum absolute atomic E-state index is 0.0907. The number of hydrogen-bond acceptors (Lipinski definition) is 3. The molecule has 0 spiro atoms. The summed E-state index contributed by atoms with van der Waals surface area (Å²) in [7, 11) is 0. The van der Waals surface area contributed by atoms with Crippen molar-refractivity contribution in [1.29, 1.82) is 5.41 Å².